The highest BCUT2D eigenvalue weighted by molar-refractivity contribution is 9.10. The number of aromatic carboxylic acids is 1. The molecule has 0 aliphatic rings. The number of rotatable bonds is 2. The molecule has 1 aromatic carbocycles. The molecule has 88 valence electrons. The van der Waals surface area contributed by atoms with Gasteiger partial charge in [-0.15, -0.1) is 0 Å². The summed E-state index contributed by atoms with van der Waals surface area (Å²) >= 11 is 3.16. The summed E-state index contributed by atoms with van der Waals surface area (Å²) in [6.45, 7) is 1.70. The van der Waals surface area contributed by atoms with Crippen LogP contribution in [0.3, 0.4) is 0 Å². The summed E-state index contributed by atoms with van der Waals surface area (Å²) in [5.74, 6) is -1.53. The molecule has 0 saturated carbocycles. The highest BCUT2D eigenvalue weighted by Gasteiger charge is 2.18. The Kier molecular flexibility index (Phi) is 2.97. The van der Waals surface area contributed by atoms with Crippen LogP contribution < -0.4 is 0 Å². The van der Waals surface area contributed by atoms with Crippen LogP contribution in [-0.2, 0) is 0 Å². The average molecular weight is 299 g/mol. The monoisotopic (exact) mass is 298 g/mol. The molecule has 0 unspecified atom stereocenters. The first kappa shape index (κ1) is 11.8. The molecule has 1 aromatic heterocycles. The normalized spacial score (nSPS) is 10.5. The molecule has 1 N–H and O–H groups in total. The van der Waals surface area contributed by atoms with Crippen molar-refractivity contribution in [2.45, 2.75) is 6.92 Å². The van der Waals surface area contributed by atoms with Crippen LogP contribution in [-0.4, -0.2) is 20.9 Å². The van der Waals surface area contributed by atoms with Crippen LogP contribution in [0.5, 0.6) is 0 Å². The fourth-order valence-corrected chi connectivity index (χ4v) is 1.90. The number of hydrogen-bond donors (Lipinski definition) is 1. The minimum absolute atomic E-state index is 0.0910. The van der Waals surface area contributed by atoms with E-state index in [0.29, 0.717) is 15.9 Å². The molecule has 1 heterocycles. The molecule has 17 heavy (non-hydrogen) atoms. The summed E-state index contributed by atoms with van der Waals surface area (Å²) in [6.07, 6.45) is 0. The highest BCUT2D eigenvalue weighted by Crippen LogP contribution is 2.23. The number of carboxylic acids is 1. The van der Waals surface area contributed by atoms with Crippen LogP contribution in [0.1, 0.15) is 16.2 Å². The molecule has 4 nitrogen and oxygen atoms in total. The van der Waals surface area contributed by atoms with E-state index in [4.69, 9.17) is 5.11 Å². The summed E-state index contributed by atoms with van der Waals surface area (Å²) in [5.41, 5.74) is 0.996. The van der Waals surface area contributed by atoms with Gasteiger partial charge >= 0.3 is 5.97 Å². The predicted octanol–water partition coefficient (Wildman–Crippen LogP) is 2.78. The number of aromatic nitrogens is 2. The minimum Gasteiger partial charge on any atom is -0.476 e. The van der Waals surface area contributed by atoms with Crippen molar-refractivity contribution >= 4 is 21.9 Å². The smallest absolute Gasteiger partial charge is 0.357 e. The van der Waals surface area contributed by atoms with E-state index in [1.165, 1.54) is 16.8 Å². The van der Waals surface area contributed by atoms with Crippen LogP contribution >= 0.6 is 15.9 Å². The Hall–Kier alpha value is -1.69. The lowest BCUT2D eigenvalue weighted by Gasteiger charge is -2.03. The fraction of sp³-hybridized carbons (Fsp3) is 0.0909. The van der Waals surface area contributed by atoms with Gasteiger partial charge in [-0.3, -0.25) is 0 Å². The first-order valence-corrected chi connectivity index (χ1v) is 5.54. The van der Waals surface area contributed by atoms with E-state index in [9.17, 15) is 9.18 Å². The molecular weight excluding hydrogens is 291 g/mol. The molecule has 2 aromatic rings. The zero-order valence-electron chi connectivity index (χ0n) is 8.82. The topological polar surface area (TPSA) is 55.1 Å². The Bertz CT molecular complexity index is 595. The van der Waals surface area contributed by atoms with Crippen LogP contribution in [0.4, 0.5) is 4.39 Å². The highest BCUT2D eigenvalue weighted by atomic mass is 79.9. The van der Waals surface area contributed by atoms with Gasteiger partial charge in [-0.2, -0.15) is 5.10 Å². The van der Waals surface area contributed by atoms with Crippen molar-refractivity contribution < 1.29 is 14.3 Å². The summed E-state index contributed by atoms with van der Waals surface area (Å²) in [5, 5.41) is 12.8. The third-order valence-electron chi connectivity index (χ3n) is 2.30. The Labute approximate surface area is 105 Å². The number of halogens is 2. The van der Waals surface area contributed by atoms with Crippen molar-refractivity contribution in [1.82, 2.24) is 9.78 Å². The lowest BCUT2D eigenvalue weighted by molar-refractivity contribution is 0.0689. The van der Waals surface area contributed by atoms with Crippen molar-refractivity contribution in [2.75, 3.05) is 0 Å². The van der Waals surface area contributed by atoms with Gasteiger partial charge in [-0.1, -0.05) is 6.07 Å². The Morgan fingerprint density at radius 1 is 1.53 bits per heavy atom. The maximum absolute atomic E-state index is 13.1. The van der Waals surface area contributed by atoms with Crippen molar-refractivity contribution in [3.05, 3.63) is 45.9 Å². The number of hydrogen-bond acceptors (Lipinski definition) is 2. The first-order valence-electron chi connectivity index (χ1n) is 4.75. The minimum atomic E-state index is -1.13. The molecule has 0 atom stereocenters. The van der Waals surface area contributed by atoms with Crippen molar-refractivity contribution in [3.8, 4) is 5.69 Å². The molecule has 0 aliphatic carbocycles. The molecule has 2 rings (SSSR count). The second kappa shape index (κ2) is 4.29. The zero-order chi connectivity index (χ0) is 12.6. The molecule has 0 radical (unpaired) electrons. The average Bonchev–Trinajstić information content (AvgIpc) is 2.56. The maximum atomic E-state index is 13.1. The van der Waals surface area contributed by atoms with E-state index < -0.39 is 11.8 Å². The Morgan fingerprint density at radius 3 is 2.76 bits per heavy atom. The van der Waals surface area contributed by atoms with E-state index >= 15 is 0 Å². The zero-order valence-corrected chi connectivity index (χ0v) is 10.4. The molecule has 6 heteroatoms. The molecule has 0 bridgehead atoms. The van der Waals surface area contributed by atoms with Crippen LogP contribution in [0, 0.1) is 12.7 Å². The molecule has 0 amide bonds. The molecule has 0 spiro atoms. The van der Waals surface area contributed by atoms with E-state index in [2.05, 4.69) is 21.0 Å². The van der Waals surface area contributed by atoms with Gasteiger partial charge in [0.05, 0.1) is 15.9 Å². The Morgan fingerprint density at radius 2 is 2.24 bits per heavy atom. The Balaban J connectivity index is 2.61. The van der Waals surface area contributed by atoms with Crippen LogP contribution in [0.25, 0.3) is 5.69 Å². The largest absolute Gasteiger partial charge is 0.476 e. The van der Waals surface area contributed by atoms with Gasteiger partial charge in [0.2, 0.25) is 0 Å². The van der Waals surface area contributed by atoms with E-state index in [0.717, 1.165) is 0 Å². The molecule has 0 fully saturated rings. The van der Waals surface area contributed by atoms with E-state index in [-0.39, 0.29) is 5.69 Å². The maximum Gasteiger partial charge on any atom is 0.357 e. The SMILES string of the molecule is Cc1c(Br)c(C(=O)O)nn1-c1cccc(F)c1. The van der Waals surface area contributed by atoms with E-state index in [1.807, 2.05) is 0 Å². The van der Waals surface area contributed by atoms with Gasteiger partial charge in [-0.25, -0.2) is 13.9 Å². The van der Waals surface area contributed by atoms with Crippen LogP contribution in [0.2, 0.25) is 0 Å². The lowest BCUT2D eigenvalue weighted by atomic mass is 10.3. The van der Waals surface area contributed by atoms with Crippen LogP contribution in [0.15, 0.2) is 28.7 Å². The summed E-state index contributed by atoms with van der Waals surface area (Å²) in [7, 11) is 0. The van der Waals surface area contributed by atoms with Gasteiger partial charge in [0, 0.05) is 0 Å². The molecular formula is C11H8BrFN2O2. The van der Waals surface area contributed by atoms with Crippen molar-refractivity contribution in [1.29, 1.82) is 0 Å². The summed E-state index contributed by atoms with van der Waals surface area (Å²) in [6, 6.07) is 5.80. The first-order chi connectivity index (χ1) is 8.00. The van der Waals surface area contributed by atoms with E-state index in [1.54, 1.807) is 19.1 Å². The van der Waals surface area contributed by atoms with Gasteiger partial charge < -0.3 is 5.11 Å². The third-order valence-corrected chi connectivity index (χ3v) is 3.25. The number of nitrogens with zero attached hydrogens (tertiary/aromatic N) is 2. The van der Waals surface area contributed by atoms with Crippen molar-refractivity contribution in [3.63, 3.8) is 0 Å². The summed E-state index contributed by atoms with van der Waals surface area (Å²) in [4.78, 5) is 10.9. The molecule has 0 aliphatic heterocycles. The third kappa shape index (κ3) is 2.08. The number of carbonyl (C=O) groups is 1. The fourth-order valence-electron chi connectivity index (χ4n) is 1.48. The second-order valence-corrected chi connectivity index (χ2v) is 4.24. The van der Waals surface area contributed by atoms with Gasteiger partial charge in [0.1, 0.15) is 5.82 Å². The summed E-state index contributed by atoms with van der Waals surface area (Å²) < 4.78 is 14.9. The van der Waals surface area contributed by atoms with Gasteiger partial charge in [0.15, 0.2) is 5.69 Å². The standard InChI is InChI=1S/C11H8BrFN2O2/c1-6-9(12)10(11(16)17)14-15(6)8-4-2-3-7(13)5-8/h2-5H,1H3,(H,16,17). The lowest BCUT2D eigenvalue weighted by Crippen LogP contribution is -2.02. The predicted molar refractivity (Wildman–Crippen MR) is 62.9 cm³/mol. The molecule has 0 saturated heterocycles. The van der Waals surface area contributed by atoms with Crippen molar-refractivity contribution in [2.24, 2.45) is 0 Å². The number of benzene rings is 1. The quantitative estimate of drug-likeness (QED) is 0.927. The van der Waals surface area contributed by atoms with Gasteiger partial charge in [0.25, 0.3) is 0 Å². The number of carboxylic acid groups (broad SMARTS) is 1. The second-order valence-electron chi connectivity index (χ2n) is 3.44. The van der Waals surface area contributed by atoms with Gasteiger partial charge in [-0.05, 0) is 41.1 Å².